The van der Waals surface area contributed by atoms with Crippen LogP contribution in [0.3, 0.4) is 0 Å². The summed E-state index contributed by atoms with van der Waals surface area (Å²) >= 11 is 0. The monoisotopic (exact) mass is 386 g/mol. The summed E-state index contributed by atoms with van der Waals surface area (Å²) in [5.41, 5.74) is 3.02. The summed E-state index contributed by atoms with van der Waals surface area (Å²) in [7, 11) is 0. The first-order chi connectivity index (χ1) is 13.3. The lowest BCUT2D eigenvalue weighted by Gasteiger charge is -2.44. The third kappa shape index (κ3) is 4.00. The van der Waals surface area contributed by atoms with Gasteiger partial charge in [0.1, 0.15) is 0 Å². The predicted octanol–water partition coefficient (Wildman–Crippen LogP) is 6.18. The van der Waals surface area contributed by atoms with E-state index >= 15 is 0 Å². The molecule has 0 aromatic rings. The second-order valence-corrected chi connectivity index (χ2v) is 9.74. The zero-order valence-electron chi connectivity index (χ0n) is 18.3. The normalized spacial score (nSPS) is 35.6. The van der Waals surface area contributed by atoms with Crippen LogP contribution >= 0.6 is 0 Å². The first-order valence-electron chi connectivity index (χ1n) is 11.4. The summed E-state index contributed by atoms with van der Waals surface area (Å²) < 4.78 is 5.75. The Kier molecular flexibility index (Phi) is 6.51. The quantitative estimate of drug-likeness (QED) is 0.419. The van der Waals surface area contributed by atoms with Gasteiger partial charge in [-0.15, -0.1) is 0 Å². The molecule has 4 unspecified atom stereocenters. The second kappa shape index (κ2) is 8.55. The Bertz CT molecular complexity index is 673. The van der Waals surface area contributed by atoms with Gasteiger partial charge in [-0.2, -0.15) is 0 Å². The lowest BCUT2D eigenvalue weighted by atomic mass is 9.60. The van der Waals surface area contributed by atoms with Crippen molar-refractivity contribution in [2.75, 3.05) is 6.61 Å². The molecule has 0 N–H and O–H groups in total. The molecule has 3 rings (SSSR count). The standard InChI is InChI=1S/C25H38O3/c1-5-9-23(27)28-17-24(3)14-8-12-22-20(21(24)6-2)11-7-10-18-16-19(26)13-15-25(18,22)4/h12,16,20-21H,5-11,13-15,17H2,1-4H3. The molecule has 3 nitrogen and oxygen atoms in total. The van der Waals surface area contributed by atoms with Crippen LogP contribution in [0.5, 0.6) is 0 Å². The number of hydrogen-bond acceptors (Lipinski definition) is 3. The Morgan fingerprint density at radius 2 is 2.00 bits per heavy atom. The summed E-state index contributed by atoms with van der Waals surface area (Å²) in [6.45, 7) is 9.58. The van der Waals surface area contributed by atoms with Crippen molar-refractivity contribution in [3.8, 4) is 0 Å². The van der Waals surface area contributed by atoms with Crippen LogP contribution in [0.2, 0.25) is 0 Å². The summed E-state index contributed by atoms with van der Waals surface area (Å²) in [5.74, 6) is 1.30. The van der Waals surface area contributed by atoms with E-state index in [1.165, 1.54) is 12.0 Å². The van der Waals surface area contributed by atoms with Crippen molar-refractivity contribution in [1.29, 1.82) is 0 Å². The van der Waals surface area contributed by atoms with Crippen LogP contribution in [0, 0.1) is 22.7 Å². The van der Waals surface area contributed by atoms with Crippen LogP contribution in [0.1, 0.15) is 91.9 Å². The van der Waals surface area contributed by atoms with Gasteiger partial charge >= 0.3 is 5.97 Å². The maximum atomic E-state index is 12.1. The Hall–Kier alpha value is -1.38. The van der Waals surface area contributed by atoms with E-state index in [0.717, 1.165) is 44.9 Å². The minimum absolute atomic E-state index is 0.0239. The molecule has 1 fully saturated rings. The number of esters is 1. The van der Waals surface area contributed by atoms with E-state index in [4.69, 9.17) is 4.74 Å². The van der Waals surface area contributed by atoms with E-state index in [1.807, 2.05) is 13.0 Å². The van der Waals surface area contributed by atoms with Gasteiger partial charge in [0, 0.05) is 23.7 Å². The Morgan fingerprint density at radius 1 is 1.21 bits per heavy atom. The van der Waals surface area contributed by atoms with Crippen LogP contribution in [-0.4, -0.2) is 18.4 Å². The first kappa shape index (κ1) is 21.3. The first-order valence-corrected chi connectivity index (χ1v) is 11.4. The third-order valence-electron chi connectivity index (χ3n) is 7.83. The van der Waals surface area contributed by atoms with E-state index in [2.05, 4.69) is 26.8 Å². The summed E-state index contributed by atoms with van der Waals surface area (Å²) in [5, 5.41) is 0. The largest absolute Gasteiger partial charge is 0.465 e. The van der Waals surface area contributed by atoms with Crippen molar-refractivity contribution in [3.63, 3.8) is 0 Å². The molecule has 0 radical (unpaired) electrons. The molecule has 156 valence electrons. The fourth-order valence-corrected chi connectivity index (χ4v) is 6.22. The topological polar surface area (TPSA) is 43.4 Å². The molecule has 0 heterocycles. The lowest BCUT2D eigenvalue weighted by molar-refractivity contribution is -0.149. The maximum Gasteiger partial charge on any atom is 0.305 e. The SMILES string of the molecule is CCCC(=O)OCC1(C)CCC=C2C(CCCC3=CC(=O)CCC32C)C1CC. The van der Waals surface area contributed by atoms with Gasteiger partial charge in [-0.1, -0.05) is 51.3 Å². The average molecular weight is 387 g/mol. The molecule has 1 saturated carbocycles. The highest BCUT2D eigenvalue weighted by atomic mass is 16.5. The number of carbonyl (C=O) groups excluding carboxylic acids is 2. The molecule has 0 spiro atoms. The molecule has 0 bridgehead atoms. The highest BCUT2D eigenvalue weighted by molar-refractivity contribution is 5.92. The molecule has 0 amide bonds. The minimum atomic E-state index is -0.0557. The van der Waals surface area contributed by atoms with Gasteiger partial charge in [0.25, 0.3) is 0 Å². The van der Waals surface area contributed by atoms with E-state index in [1.54, 1.807) is 5.57 Å². The molecule has 28 heavy (non-hydrogen) atoms. The smallest absolute Gasteiger partial charge is 0.305 e. The van der Waals surface area contributed by atoms with Gasteiger partial charge in [0.15, 0.2) is 5.78 Å². The number of fused-ring (bicyclic) bond motifs is 3. The van der Waals surface area contributed by atoms with Crippen molar-refractivity contribution in [2.24, 2.45) is 22.7 Å². The number of hydrogen-bond donors (Lipinski definition) is 0. The molecule has 3 aliphatic carbocycles. The van der Waals surface area contributed by atoms with Gasteiger partial charge in [0.05, 0.1) is 6.61 Å². The van der Waals surface area contributed by atoms with Crippen LogP contribution in [0.4, 0.5) is 0 Å². The van der Waals surface area contributed by atoms with Gasteiger partial charge < -0.3 is 4.74 Å². The molecular weight excluding hydrogens is 348 g/mol. The Labute approximate surface area is 171 Å². The van der Waals surface area contributed by atoms with Crippen molar-refractivity contribution in [1.82, 2.24) is 0 Å². The predicted molar refractivity (Wildman–Crippen MR) is 113 cm³/mol. The van der Waals surface area contributed by atoms with Gasteiger partial charge in [-0.3, -0.25) is 9.59 Å². The van der Waals surface area contributed by atoms with E-state index < -0.39 is 0 Å². The molecule has 4 atom stereocenters. The molecule has 3 heteroatoms. The van der Waals surface area contributed by atoms with E-state index in [-0.39, 0.29) is 16.8 Å². The number of allylic oxidation sites excluding steroid dienone is 4. The molecule has 3 aliphatic rings. The van der Waals surface area contributed by atoms with Crippen LogP contribution in [-0.2, 0) is 14.3 Å². The molecular formula is C25H38O3. The summed E-state index contributed by atoms with van der Waals surface area (Å²) in [6.07, 6.45) is 14.1. The van der Waals surface area contributed by atoms with Crippen molar-refractivity contribution in [2.45, 2.75) is 91.9 Å². The van der Waals surface area contributed by atoms with Gasteiger partial charge in [0.2, 0.25) is 0 Å². The fraction of sp³-hybridized carbons (Fsp3) is 0.760. The molecule has 0 saturated heterocycles. The van der Waals surface area contributed by atoms with Gasteiger partial charge in [-0.25, -0.2) is 0 Å². The Balaban J connectivity index is 1.90. The number of ketones is 1. The molecule has 0 aromatic carbocycles. The zero-order chi connectivity index (χ0) is 20.4. The minimum Gasteiger partial charge on any atom is -0.465 e. The van der Waals surface area contributed by atoms with E-state index in [9.17, 15) is 9.59 Å². The average Bonchev–Trinajstić information content (AvgIpc) is 2.88. The second-order valence-electron chi connectivity index (χ2n) is 9.74. The van der Waals surface area contributed by atoms with Crippen LogP contribution < -0.4 is 0 Å². The lowest BCUT2D eigenvalue weighted by Crippen LogP contribution is -2.39. The van der Waals surface area contributed by atoms with E-state index in [0.29, 0.717) is 37.1 Å². The Morgan fingerprint density at radius 3 is 2.71 bits per heavy atom. The zero-order valence-corrected chi connectivity index (χ0v) is 18.3. The number of carbonyl (C=O) groups is 2. The highest BCUT2D eigenvalue weighted by Crippen LogP contribution is 2.57. The van der Waals surface area contributed by atoms with Crippen LogP contribution in [0.15, 0.2) is 23.3 Å². The summed E-state index contributed by atoms with van der Waals surface area (Å²) in [4.78, 5) is 24.1. The molecule has 0 aromatic heterocycles. The van der Waals surface area contributed by atoms with Crippen molar-refractivity contribution >= 4 is 11.8 Å². The maximum absolute atomic E-state index is 12.1. The number of ether oxygens (including phenoxy) is 1. The number of rotatable bonds is 5. The van der Waals surface area contributed by atoms with Crippen molar-refractivity contribution < 1.29 is 14.3 Å². The van der Waals surface area contributed by atoms with Crippen molar-refractivity contribution in [3.05, 3.63) is 23.3 Å². The molecule has 0 aliphatic heterocycles. The summed E-state index contributed by atoms with van der Waals surface area (Å²) in [6, 6.07) is 0. The van der Waals surface area contributed by atoms with Crippen LogP contribution in [0.25, 0.3) is 0 Å². The fourth-order valence-electron chi connectivity index (χ4n) is 6.22. The highest BCUT2D eigenvalue weighted by Gasteiger charge is 2.48. The van der Waals surface area contributed by atoms with Gasteiger partial charge in [-0.05, 0) is 62.9 Å². The third-order valence-corrected chi connectivity index (χ3v) is 7.83.